The summed E-state index contributed by atoms with van der Waals surface area (Å²) in [6.07, 6.45) is 4.58. The molecule has 1 aliphatic carbocycles. The summed E-state index contributed by atoms with van der Waals surface area (Å²) in [7, 11) is 0. The molecule has 5 nitrogen and oxygen atoms in total. The summed E-state index contributed by atoms with van der Waals surface area (Å²) in [5, 5.41) is 6.97. The van der Waals surface area contributed by atoms with Gasteiger partial charge in [0.25, 0.3) is 5.91 Å². The number of rotatable bonds is 2. The lowest BCUT2D eigenvalue weighted by atomic mass is 9.84. The molecule has 98 valence electrons. The van der Waals surface area contributed by atoms with Crippen molar-refractivity contribution < 1.29 is 4.79 Å². The molecule has 18 heavy (non-hydrogen) atoms. The molecule has 1 aromatic rings. The number of carbonyl (C=O) groups excluding carboxylic acids is 1. The summed E-state index contributed by atoms with van der Waals surface area (Å²) in [5.74, 6) is 1.71. The summed E-state index contributed by atoms with van der Waals surface area (Å²) >= 11 is 0. The fourth-order valence-corrected chi connectivity index (χ4v) is 2.65. The van der Waals surface area contributed by atoms with Crippen LogP contribution >= 0.6 is 0 Å². The molecule has 0 spiro atoms. The molecule has 2 aliphatic rings. The molecule has 1 amide bonds. The third-order valence-electron chi connectivity index (χ3n) is 3.85. The van der Waals surface area contributed by atoms with Crippen molar-refractivity contribution in [2.75, 3.05) is 13.1 Å². The third-order valence-corrected chi connectivity index (χ3v) is 3.85. The molecular weight excluding hydrogens is 228 g/mol. The van der Waals surface area contributed by atoms with Gasteiger partial charge in [0.1, 0.15) is 5.82 Å². The Morgan fingerprint density at radius 3 is 2.89 bits per heavy atom. The maximum absolute atomic E-state index is 12.3. The first-order valence-electron chi connectivity index (χ1n) is 6.77. The molecule has 1 N–H and O–H groups in total. The van der Waals surface area contributed by atoms with E-state index in [-0.39, 0.29) is 11.3 Å². The molecule has 2 fully saturated rings. The van der Waals surface area contributed by atoms with E-state index in [0.29, 0.717) is 11.7 Å². The molecule has 1 aromatic heterocycles. The summed E-state index contributed by atoms with van der Waals surface area (Å²) in [4.78, 5) is 18.6. The first-order chi connectivity index (χ1) is 8.55. The van der Waals surface area contributed by atoms with Crippen molar-refractivity contribution in [1.29, 1.82) is 0 Å². The van der Waals surface area contributed by atoms with Gasteiger partial charge in [0.05, 0.1) is 0 Å². The zero-order valence-electron chi connectivity index (χ0n) is 11.1. The van der Waals surface area contributed by atoms with Crippen molar-refractivity contribution in [2.45, 2.75) is 45.4 Å². The van der Waals surface area contributed by atoms with E-state index in [9.17, 15) is 4.79 Å². The minimum Gasteiger partial charge on any atom is -0.335 e. The quantitative estimate of drug-likeness (QED) is 0.870. The van der Waals surface area contributed by atoms with Crippen LogP contribution in [0.4, 0.5) is 0 Å². The second-order valence-electron chi connectivity index (χ2n) is 6.31. The van der Waals surface area contributed by atoms with Crippen LogP contribution in [0, 0.1) is 5.41 Å². The average molecular weight is 248 g/mol. The van der Waals surface area contributed by atoms with E-state index in [1.807, 2.05) is 4.90 Å². The minimum atomic E-state index is -0.0223. The van der Waals surface area contributed by atoms with Gasteiger partial charge in [0.2, 0.25) is 5.82 Å². The van der Waals surface area contributed by atoms with Gasteiger partial charge in [-0.3, -0.25) is 9.89 Å². The Morgan fingerprint density at radius 2 is 2.22 bits per heavy atom. The molecule has 1 saturated carbocycles. The lowest BCUT2D eigenvalue weighted by Crippen LogP contribution is -2.43. The van der Waals surface area contributed by atoms with Crippen LogP contribution < -0.4 is 0 Å². The second kappa shape index (κ2) is 4.07. The smallest absolute Gasteiger partial charge is 0.293 e. The van der Waals surface area contributed by atoms with E-state index < -0.39 is 0 Å². The SMILES string of the molecule is CC1(C)CCCN(C(=O)c2n[nH]c(C3CC3)n2)C1. The molecule has 0 radical (unpaired) electrons. The summed E-state index contributed by atoms with van der Waals surface area (Å²) < 4.78 is 0. The monoisotopic (exact) mass is 248 g/mol. The van der Waals surface area contributed by atoms with E-state index in [0.717, 1.165) is 25.3 Å². The van der Waals surface area contributed by atoms with E-state index in [2.05, 4.69) is 29.0 Å². The van der Waals surface area contributed by atoms with Crippen LogP contribution in [0.5, 0.6) is 0 Å². The number of carbonyl (C=O) groups is 1. The summed E-state index contributed by atoms with van der Waals surface area (Å²) in [6, 6.07) is 0. The van der Waals surface area contributed by atoms with Gasteiger partial charge in [-0.05, 0) is 31.1 Å². The topological polar surface area (TPSA) is 61.9 Å². The van der Waals surface area contributed by atoms with Crippen LogP contribution in [0.2, 0.25) is 0 Å². The van der Waals surface area contributed by atoms with Gasteiger partial charge < -0.3 is 4.90 Å². The molecule has 5 heteroatoms. The van der Waals surface area contributed by atoms with Gasteiger partial charge >= 0.3 is 0 Å². The second-order valence-corrected chi connectivity index (χ2v) is 6.31. The lowest BCUT2D eigenvalue weighted by molar-refractivity contribution is 0.0572. The molecule has 1 aliphatic heterocycles. The Hall–Kier alpha value is -1.39. The fourth-order valence-electron chi connectivity index (χ4n) is 2.65. The van der Waals surface area contributed by atoms with E-state index >= 15 is 0 Å². The number of hydrogen-bond donors (Lipinski definition) is 1. The number of piperidine rings is 1. The molecular formula is C13H20N4O. The Balaban J connectivity index is 1.72. The molecule has 0 aromatic carbocycles. The molecule has 0 bridgehead atoms. The van der Waals surface area contributed by atoms with E-state index in [4.69, 9.17) is 0 Å². The minimum absolute atomic E-state index is 0.0223. The number of aromatic amines is 1. The first-order valence-corrected chi connectivity index (χ1v) is 6.77. The van der Waals surface area contributed by atoms with Crippen LogP contribution in [0.3, 0.4) is 0 Å². The van der Waals surface area contributed by atoms with Crippen LogP contribution in [0.25, 0.3) is 0 Å². The number of likely N-dealkylation sites (tertiary alicyclic amines) is 1. The average Bonchev–Trinajstić information content (AvgIpc) is 3.05. The van der Waals surface area contributed by atoms with Gasteiger partial charge in [-0.25, -0.2) is 4.98 Å². The van der Waals surface area contributed by atoms with Crippen LogP contribution in [-0.2, 0) is 0 Å². The van der Waals surface area contributed by atoms with Crippen LogP contribution in [-0.4, -0.2) is 39.1 Å². The largest absolute Gasteiger partial charge is 0.335 e. The highest BCUT2D eigenvalue weighted by Crippen LogP contribution is 2.37. The van der Waals surface area contributed by atoms with Gasteiger partial charge in [-0.15, -0.1) is 5.10 Å². The van der Waals surface area contributed by atoms with Crippen molar-refractivity contribution in [2.24, 2.45) is 5.41 Å². The molecule has 1 saturated heterocycles. The van der Waals surface area contributed by atoms with Crippen LogP contribution in [0.15, 0.2) is 0 Å². The number of nitrogens with zero attached hydrogens (tertiary/aromatic N) is 3. The third kappa shape index (κ3) is 2.26. The molecule has 0 unspecified atom stereocenters. The predicted octanol–water partition coefficient (Wildman–Crippen LogP) is 1.94. The maximum Gasteiger partial charge on any atom is 0.293 e. The Labute approximate surface area is 107 Å². The van der Waals surface area contributed by atoms with Crippen molar-refractivity contribution in [3.05, 3.63) is 11.6 Å². The highest BCUT2D eigenvalue weighted by molar-refractivity contribution is 5.90. The zero-order chi connectivity index (χ0) is 12.8. The Kier molecular flexibility index (Phi) is 2.64. The molecule has 3 rings (SSSR count). The fraction of sp³-hybridized carbons (Fsp3) is 0.769. The van der Waals surface area contributed by atoms with Crippen molar-refractivity contribution >= 4 is 5.91 Å². The highest BCUT2D eigenvalue weighted by atomic mass is 16.2. The Morgan fingerprint density at radius 1 is 1.44 bits per heavy atom. The number of nitrogens with one attached hydrogen (secondary N) is 1. The maximum atomic E-state index is 12.3. The molecule has 2 heterocycles. The molecule has 0 atom stereocenters. The van der Waals surface area contributed by atoms with Gasteiger partial charge in [0.15, 0.2) is 0 Å². The standard InChI is InChI=1S/C13H20N4O/c1-13(2)6-3-7-17(8-13)12(18)11-14-10(15-16-11)9-4-5-9/h9H,3-8H2,1-2H3,(H,14,15,16). The number of aromatic nitrogens is 3. The van der Waals surface area contributed by atoms with Crippen LogP contribution in [0.1, 0.15) is 61.9 Å². The first kappa shape index (κ1) is 11.7. The number of H-pyrrole nitrogens is 1. The zero-order valence-corrected chi connectivity index (χ0v) is 11.1. The Bertz CT molecular complexity index is 461. The highest BCUT2D eigenvalue weighted by Gasteiger charge is 2.32. The van der Waals surface area contributed by atoms with Crippen molar-refractivity contribution in [3.8, 4) is 0 Å². The van der Waals surface area contributed by atoms with Gasteiger partial charge in [0, 0.05) is 19.0 Å². The van der Waals surface area contributed by atoms with Crippen molar-refractivity contribution in [1.82, 2.24) is 20.1 Å². The van der Waals surface area contributed by atoms with E-state index in [1.54, 1.807) is 0 Å². The normalized spacial score (nSPS) is 23.1. The van der Waals surface area contributed by atoms with Crippen molar-refractivity contribution in [3.63, 3.8) is 0 Å². The number of hydrogen-bond acceptors (Lipinski definition) is 3. The number of amides is 1. The summed E-state index contributed by atoms with van der Waals surface area (Å²) in [5.41, 5.74) is 0.212. The van der Waals surface area contributed by atoms with Gasteiger partial charge in [-0.1, -0.05) is 13.8 Å². The predicted molar refractivity (Wildman–Crippen MR) is 67.3 cm³/mol. The lowest BCUT2D eigenvalue weighted by Gasteiger charge is -2.37. The summed E-state index contributed by atoms with van der Waals surface area (Å²) in [6.45, 7) is 6.05. The van der Waals surface area contributed by atoms with Gasteiger partial charge in [-0.2, -0.15) is 0 Å². The van der Waals surface area contributed by atoms with E-state index in [1.165, 1.54) is 19.3 Å².